The van der Waals surface area contributed by atoms with Crippen molar-refractivity contribution in [2.24, 2.45) is 0 Å². The summed E-state index contributed by atoms with van der Waals surface area (Å²) in [6, 6.07) is 15.4. The first kappa shape index (κ1) is 34.2. The van der Waals surface area contributed by atoms with Crippen LogP contribution in [0.5, 0.6) is 0 Å². The van der Waals surface area contributed by atoms with Crippen molar-refractivity contribution in [3.05, 3.63) is 54.1 Å². The van der Waals surface area contributed by atoms with Gasteiger partial charge >= 0.3 is 6.09 Å². The number of hydrogen-bond donors (Lipinski definition) is 2. The number of nitrogens with one attached hydrogen (secondary N) is 2. The quantitative estimate of drug-likeness (QED) is 0.224. The van der Waals surface area contributed by atoms with Crippen LogP contribution in [0.15, 0.2) is 48.5 Å². The Labute approximate surface area is 260 Å². The number of anilines is 1. The van der Waals surface area contributed by atoms with Crippen LogP contribution in [0.1, 0.15) is 65.4 Å². The molecule has 1 aromatic heterocycles. The molecular formula is C33H46N6O5. The van der Waals surface area contributed by atoms with Gasteiger partial charge in [-0.3, -0.25) is 9.59 Å². The Bertz CT molecular complexity index is 1370. The molecule has 2 N–H and O–H groups in total. The molecule has 44 heavy (non-hydrogen) atoms. The van der Waals surface area contributed by atoms with Crippen LogP contribution in [0.25, 0.3) is 22.5 Å². The van der Waals surface area contributed by atoms with Crippen LogP contribution in [0, 0.1) is 0 Å². The van der Waals surface area contributed by atoms with Gasteiger partial charge in [0.15, 0.2) is 0 Å². The van der Waals surface area contributed by atoms with Gasteiger partial charge in [-0.25, -0.2) is 9.48 Å². The fourth-order valence-electron chi connectivity index (χ4n) is 4.99. The summed E-state index contributed by atoms with van der Waals surface area (Å²) in [6.07, 6.45) is 3.63. The third-order valence-corrected chi connectivity index (χ3v) is 7.16. The molecule has 3 amide bonds. The van der Waals surface area contributed by atoms with E-state index in [1.165, 1.54) is 0 Å². The van der Waals surface area contributed by atoms with Gasteiger partial charge in [-0.05, 0) is 24.5 Å². The highest BCUT2D eigenvalue weighted by Crippen LogP contribution is 2.41. The number of rotatable bonds is 15. The molecule has 0 saturated heterocycles. The fourth-order valence-corrected chi connectivity index (χ4v) is 4.99. The highest BCUT2D eigenvalue weighted by Gasteiger charge is 2.29. The highest BCUT2D eigenvalue weighted by atomic mass is 16.5. The second-order valence-electron chi connectivity index (χ2n) is 10.4. The molecule has 4 rings (SSSR count). The van der Waals surface area contributed by atoms with Crippen LogP contribution >= 0.6 is 0 Å². The average Bonchev–Trinajstić information content (AvgIpc) is 3.43. The van der Waals surface area contributed by atoms with E-state index in [-0.39, 0.29) is 45.2 Å². The summed E-state index contributed by atoms with van der Waals surface area (Å²) in [5, 5.41) is 14.6. The van der Waals surface area contributed by atoms with Crippen molar-refractivity contribution in [3.8, 4) is 22.5 Å². The Morgan fingerprint density at radius 3 is 2.43 bits per heavy atom. The SMILES string of the molecule is C.CCCCCNC(=O)OCCn1nnc2c1-c1ccccc1N(C(=O)CCC(=O)NCCOCCC)Cc1ccccc1-2. The lowest BCUT2D eigenvalue weighted by molar-refractivity contribution is -0.125. The number of ether oxygens (including phenoxy) is 2. The van der Waals surface area contributed by atoms with Gasteiger partial charge in [0.05, 0.1) is 31.1 Å². The molecule has 1 aliphatic heterocycles. The summed E-state index contributed by atoms with van der Waals surface area (Å²) < 4.78 is 12.5. The summed E-state index contributed by atoms with van der Waals surface area (Å²) in [5.41, 5.74) is 4.71. The Hall–Kier alpha value is -4.25. The monoisotopic (exact) mass is 606 g/mol. The van der Waals surface area contributed by atoms with Crippen molar-refractivity contribution in [2.75, 3.05) is 37.8 Å². The van der Waals surface area contributed by atoms with Crippen molar-refractivity contribution in [1.29, 1.82) is 0 Å². The van der Waals surface area contributed by atoms with Crippen LogP contribution < -0.4 is 15.5 Å². The summed E-state index contributed by atoms with van der Waals surface area (Å²) in [7, 11) is 0. The van der Waals surface area contributed by atoms with Gasteiger partial charge in [0.2, 0.25) is 11.8 Å². The van der Waals surface area contributed by atoms with Crippen molar-refractivity contribution >= 4 is 23.6 Å². The first-order valence-electron chi connectivity index (χ1n) is 15.2. The van der Waals surface area contributed by atoms with Gasteiger partial charge in [0.25, 0.3) is 0 Å². The zero-order chi connectivity index (χ0) is 30.4. The van der Waals surface area contributed by atoms with Gasteiger partial charge in [-0.2, -0.15) is 0 Å². The van der Waals surface area contributed by atoms with Crippen LogP contribution in [-0.4, -0.2) is 65.8 Å². The second-order valence-corrected chi connectivity index (χ2v) is 10.4. The van der Waals surface area contributed by atoms with E-state index in [0.717, 1.165) is 48.1 Å². The van der Waals surface area contributed by atoms with E-state index in [1.807, 2.05) is 55.5 Å². The molecule has 0 bridgehead atoms. The first-order valence-corrected chi connectivity index (χ1v) is 15.2. The maximum atomic E-state index is 13.7. The lowest BCUT2D eigenvalue weighted by Gasteiger charge is -2.28. The van der Waals surface area contributed by atoms with E-state index in [9.17, 15) is 14.4 Å². The molecule has 1 aliphatic rings. The zero-order valence-electron chi connectivity index (χ0n) is 25.1. The maximum absolute atomic E-state index is 13.7. The Kier molecular flexibility index (Phi) is 13.8. The van der Waals surface area contributed by atoms with Gasteiger partial charge in [0, 0.05) is 43.7 Å². The smallest absolute Gasteiger partial charge is 0.407 e. The van der Waals surface area contributed by atoms with Crippen LogP contribution in [0.2, 0.25) is 0 Å². The van der Waals surface area contributed by atoms with Crippen molar-refractivity contribution < 1.29 is 23.9 Å². The number of benzene rings is 2. The van der Waals surface area contributed by atoms with E-state index < -0.39 is 6.09 Å². The van der Waals surface area contributed by atoms with Crippen molar-refractivity contribution in [1.82, 2.24) is 25.6 Å². The molecule has 0 saturated carbocycles. The van der Waals surface area contributed by atoms with Crippen molar-refractivity contribution in [2.45, 2.75) is 72.9 Å². The Morgan fingerprint density at radius 1 is 0.864 bits per heavy atom. The van der Waals surface area contributed by atoms with E-state index in [0.29, 0.717) is 44.2 Å². The number of hydrogen-bond acceptors (Lipinski definition) is 7. The molecule has 0 spiro atoms. The molecular weight excluding hydrogens is 560 g/mol. The predicted octanol–water partition coefficient (Wildman–Crippen LogP) is 5.33. The standard InChI is InChI=1S/C32H42N6O5.CH4/c1-3-5-10-17-34-32(41)43-22-19-38-31-26-13-8-9-14-27(26)37(23-24-11-6-7-12-25(24)30(31)35-36-38)29(40)16-15-28(39)33-18-21-42-20-4-2;/h6-9,11-14H,3-5,10,15-23H2,1-2H3,(H,33,39)(H,34,41);1H4. The Morgan fingerprint density at radius 2 is 1.64 bits per heavy atom. The third-order valence-electron chi connectivity index (χ3n) is 7.16. The molecule has 0 unspecified atom stereocenters. The number of nitrogens with zero attached hydrogens (tertiary/aromatic N) is 4. The summed E-state index contributed by atoms with van der Waals surface area (Å²) >= 11 is 0. The molecule has 2 aromatic carbocycles. The van der Waals surface area contributed by atoms with Gasteiger partial charge in [0.1, 0.15) is 12.3 Å². The number of fused-ring (bicyclic) bond motifs is 5. The van der Waals surface area contributed by atoms with E-state index >= 15 is 0 Å². The number of amides is 3. The molecule has 0 fully saturated rings. The summed E-state index contributed by atoms with van der Waals surface area (Å²) in [5.74, 6) is -0.349. The van der Waals surface area contributed by atoms with Crippen molar-refractivity contribution in [3.63, 3.8) is 0 Å². The lowest BCUT2D eigenvalue weighted by atomic mass is 9.95. The first-order chi connectivity index (χ1) is 21.0. The molecule has 11 heteroatoms. The van der Waals surface area contributed by atoms with Crippen LogP contribution in [-0.2, 0) is 32.2 Å². The third kappa shape index (κ3) is 9.12. The van der Waals surface area contributed by atoms with Gasteiger partial charge in [-0.15, -0.1) is 5.10 Å². The predicted molar refractivity (Wildman–Crippen MR) is 171 cm³/mol. The van der Waals surface area contributed by atoms with E-state index in [1.54, 1.807) is 9.58 Å². The maximum Gasteiger partial charge on any atom is 0.407 e. The minimum absolute atomic E-state index is 0. The molecule has 3 aromatic rings. The Balaban J connectivity index is 0.00000529. The second kappa shape index (κ2) is 17.8. The molecule has 0 atom stereocenters. The van der Waals surface area contributed by atoms with Crippen LogP contribution in [0.4, 0.5) is 10.5 Å². The molecule has 2 heterocycles. The number of carbonyl (C=O) groups is 3. The molecule has 0 radical (unpaired) electrons. The largest absolute Gasteiger partial charge is 0.448 e. The molecule has 0 aliphatic carbocycles. The van der Waals surface area contributed by atoms with E-state index in [4.69, 9.17) is 9.47 Å². The number of para-hydroxylation sites is 1. The number of alkyl carbamates (subject to hydrolysis) is 1. The van der Waals surface area contributed by atoms with Gasteiger partial charge in [-0.1, -0.05) is 81.8 Å². The zero-order valence-corrected chi connectivity index (χ0v) is 25.1. The van der Waals surface area contributed by atoms with Crippen LogP contribution in [0.3, 0.4) is 0 Å². The molecule has 238 valence electrons. The van der Waals surface area contributed by atoms with E-state index in [2.05, 4.69) is 27.9 Å². The molecule has 11 nitrogen and oxygen atoms in total. The number of unbranched alkanes of at least 4 members (excludes halogenated alkanes) is 2. The number of aromatic nitrogens is 3. The summed E-state index contributed by atoms with van der Waals surface area (Å²) in [4.78, 5) is 40.0. The number of carbonyl (C=O) groups excluding carboxylic acids is 3. The lowest BCUT2D eigenvalue weighted by Crippen LogP contribution is -2.34. The minimum atomic E-state index is -0.459. The minimum Gasteiger partial charge on any atom is -0.448 e. The normalized spacial score (nSPS) is 11.6. The highest BCUT2D eigenvalue weighted by molar-refractivity contribution is 6.01. The summed E-state index contributed by atoms with van der Waals surface area (Å²) in [6.45, 7) is 6.96. The topological polar surface area (TPSA) is 128 Å². The fraction of sp³-hybridized carbons (Fsp3) is 0.485. The average molecular weight is 607 g/mol. The van der Waals surface area contributed by atoms with Gasteiger partial charge < -0.3 is 25.0 Å².